The SMILES string of the molecule is CCOCCN1CCN([C@@H](CC)C(N)=O)C[C@@H]1CC. The fourth-order valence-corrected chi connectivity index (χ4v) is 2.85. The van der Waals surface area contributed by atoms with E-state index in [1.165, 1.54) is 0 Å². The Morgan fingerprint density at radius 1 is 1.37 bits per heavy atom. The van der Waals surface area contributed by atoms with Gasteiger partial charge in [0.2, 0.25) is 5.91 Å². The van der Waals surface area contributed by atoms with Gasteiger partial charge in [0.25, 0.3) is 0 Å². The molecule has 0 bridgehead atoms. The second kappa shape index (κ2) is 8.51. The Hall–Kier alpha value is -0.650. The van der Waals surface area contributed by atoms with Crippen LogP contribution in [0.5, 0.6) is 0 Å². The number of carbonyl (C=O) groups is 1. The van der Waals surface area contributed by atoms with Crippen LogP contribution in [0.1, 0.15) is 33.6 Å². The molecule has 1 rings (SSSR count). The van der Waals surface area contributed by atoms with Crippen molar-refractivity contribution >= 4 is 5.91 Å². The fraction of sp³-hybridized carbons (Fsp3) is 0.929. The Kier molecular flexibility index (Phi) is 7.34. The van der Waals surface area contributed by atoms with E-state index in [2.05, 4.69) is 16.7 Å². The minimum atomic E-state index is -0.194. The number of hydrogen-bond acceptors (Lipinski definition) is 4. The number of nitrogens with zero attached hydrogens (tertiary/aromatic N) is 2. The number of primary amides is 1. The molecule has 0 aromatic carbocycles. The first-order valence-electron chi connectivity index (χ1n) is 7.49. The number of piperazine rings is 1. The lowest BCUT2D eigenvalue weighted by Crippen LogP contribution is -2.58. The molecule has 2 N–H and O–H groups in total. The van der Waals surface area contributed by atoms with Gasteiger partial charge in [-0.2, -0.15) is 0 Å². The molecule has 1 fully saturated rings. The zero-order valence-corrected chi connectivity index (χ0v) is 12.6. The second-order valence-corrected chi connectivity index (χ2v) is 5.12. The normalized spacial score (nSPS) is 23.4. The van der Waals surface area contributed by atoms with Crippen LogP contribution in [0.25, 0.3) is 0 Å². The second-order valence-electron chi connectivity index (χ2n) is 5.12. The van der Waals surface area contributed by atoms with Crippen molar-refractivity contribution in [3.8, 4) is 0 Å². The molecule has 0 aliphatic carbocycles. The quantitative estimate of drug-likeness (QED) is 0.660. The van der Waals surface area contributed by atoms with Gasteiger partial charge in [0.05, 0.1) is 12.6 Å². The van der Waals surface area contributed by atoms with Crippen LogP contribution in [0.3, 0.4) is 0 Å². The summed E-state index contributed by atoms with van der Waals surface area (Å²) in [5.74, 6) is -0.194. The molecule has 0 unspecified atom stereocenters. The summed E-state index contributed by atoms with van der Waals surface area (Å²) in [7, 11) is 0. The molecule has 1 amide bonds. The molecule has 1 heterocycles. The van der Waals surface area contributed by atoms with Crippen molar-refractivity contribution in [2.24, 2.45) is 5.73 Å². The summed E-state index contributed by atoms with van der Waals surface area (Å²) in [5.41, 5.74) is 5.48. The Morgan fingerprint density at radius 2 is 2.11 bits per heavy atom. The fourth-order valence-electron chi connectivity index (χ4n) is 2.85. The molecule has 5 heteroatoms. The van der Waals surface area contributed by atoms with Crippen LogP contribution in [0.15, 0.2) is 0 Å². The first-order valence-corrected chi connectivity index (χ1v) is 7.49. The number of amides is 1. The van der Waals surface area contributed by atoms with E-state index in [0.717, 1.165) is 52.2 Å². The molecule has 1 aliphatic heterocycles. The lowest BCUT2D eigenvalue weighted by atomic mass is 10.1. The maximum atomic E-state index is 11.5. The van der Waals surface area contributed by atoms with E-state index in [-0.39, 0.29) is 11.9 Å². The van der Waals surface area contributed by atoms with Crippen molar-refractivity contribution in [2.75, 3.05) is 39.4 Å². The van der Waals surface area contributed by atoms with Gasteiger partial charge in [-0.05, 0) is 19.8 Å². The Balaban J connectivity index is 2.51. The predicted molar refractivity (Wildman–Crippen MR) is 77.0 cm³/mol. The van der Waals surface area contributed by atoms with Gasteiger partial charge < -0.3 is 10.5 Å². The smallest absolute Gasteiger partial charge is 0.234 e. The molecule has 0 aromatic heterocycles. The van der Waals surface area contributed by atoms with Crippen LogP contribution >= 0.6 is 0 Å². The predicted octanol–water partition coefficient (Wildman–Crippen LogP) is 0.683. The van der Waals surface area contributed by atoms with Crippen LogP contribution in [-0.4, -0.2) is 67.2 Å². The molecule has 1 aliphatic rings. The van der Waals surface area contributed by atoms with Crippen molar-refractivity contribution in [1.82, 2.24) is 9.80 Å². The van der Waals surface area contributed by atoms with Crippen molar-refractivity contribution in [3.05, 3.63) is 0 Å². The number of rotatable bonds is 8. The Bertz CT molecular complexity index is 273. The van der Waals surface area contributed by atoms with Crippen LogP contribution < -0.4 is 5.73 Å². The molecule has 0 spiro atoms. The molecule has 2 atom stereocenters. The van der Waals surface area contributed by atoms with E-state index in [0.29, 0.717) is 6.04 Å². The maximum Gasteiger partial charge on any atom is 0.234 e. The summed E-state index contributed by atoms with van der Waals surface area (Å²) < 4.78 is 5.43. The van der Waals surface area contributed by atoms with E-state index in [9.17, 15) is 4.79 Å². The maximum absolute atomic E-state index is 11.5. The van der Waals surface area contributed by atoms with Crippen LogP contribution in [0.2, 0.25) is 0 Å². The van der Waals surface area contributed by atoms with Crippen LogP contribution in [-0.2, 0) is 9.53 Å². The molecule has 1 saturated heterocycles. The van der Waals surface area contributed by atoms with Gasteiger partial charge in [-0.25, -0.2) is 0 Å². The summed E-state index contributed by atoms with van der Waals surface area (Å²) in [6.45, 7) is 11.6. The van der Waals surface area contributed by atoms with Gasteiger partial charge >= 0.3 is 0 Å². The van der Waals surface area contributed by atoms with Crippen LogP contribution in [0.4, 0.5) is 0 Å². The van der Waals surface area contributed by atoms with Gasteiger partial charge in [-0.3, -0.25) is 14.6 Å². The lowest BCUT2D eigenvalue weighted by Gasteiger charge is -2.43. The first kappa shape index (κ1) is 16.4. The molecule has 0 saturated carbocycles. The van der Waals surface area contributed by atoms with Gasteiger partial charge in [-0.15, -0.1) is 0 Å². The molecule has 19 heavy (non-hydrogen) atoms. The largest absolute Gasteiger partial charge is 0.380 e. The summed E-state index contributed by atoms with van der Waals surface area (Å²) in [5, 5.41) is 0. The standard InChI is InChI=1S/C14H29N3O2/c1-4-12-11-17(13(5-2)14(15)18)8-7-16(12)9-10-19-6-3/h12-13H,4-11H2,1-3H3,(H2,15,18)/t12-,13-/m0/s1. The lowest BCUT2D eigenvalue weighted by molar-refractivity contribution is -0.124. The van der Waals surface area contributed by atoms with E-state index in [1.807, 2.05) is 13.8 Å². The average molecular weight is 271 g/mol. The van der Waals surface area contributed by atoms with Gasteiger partial charge in [0.1, 0.15) is 0 Å². The number of ether oxygens (including phenoxy) is 1. The summed E-state index contributed by atoms with van der Waals surface area (Å²) in [4.78, 5) is 16.2. The molecule has 112 valence electrons. The van der Waals surface area contributed by atoms with Crippen molar-refractivity contribution in [3.63, 3.8) is 0 Å². The third kappa shape index (κ3) is 4.75. The third-order valence-electron chi connectivity index (χ3n) is 3.99. The number of carbonyl (C=O) groups excluding carboxylic acids is 1. The Morgan fingerprint density at radius 3 is 2.63 bits per heavy atom. The van der Waals surface area contributed by atoms with Crippen molar-refractivity contribution < 1.29 is 9.53 Å². The van der Waals surface area contributed by atoms with Gasteiger partial charge in [0.15, 0.2) is 0 Å². The van der Waals surface area contributed by atoms with E-state index in [1.54, 1.807) is 0 Å². The van der Waals surface area contributed by atoms with E-state index in [4.69, 9.17) is 10.5 Å². The highest BCUT2D eigenvalue weighted by atomic mass is 16.5. The zero-order chi connectivity index (χ0) is 14.3. The Labute approximate surface area is 117 Å². The first-order chi connectivity index (χ1) is 9.13. The molecular weight excluding hydrogens is 242 g/mol. The van der Waals surface area contributed by atoms with Gasteiger partial charge in [-0.1, -0.05) is 13.8 Å². The van der Waals surface area contributed by atoms with Crippen LogP contribution in [0, 0.1) is 0 Å². The zero-order valence-electron chi connectivity index (χ0n) is 12.6. The minimum absolute atomic E-state index is 0.108. The molecule has 5 nitrogen and oxygen atoms in total. The molecule has 0 radical (unpaired) electrons. The molecular formula is C14H29N3O2. The van der Waals surface area contributed by atoms with Crippen molar-refractivity contribution in [1.29, 1.82) is 0 Å². The van der Waals surface area contributed by atoms with E-state index < -0.39 is 0 Å². The topological polar surface area (TPSA) is 58.8 Å². The summed E-state index contributed by atoms with van der Waals surface area (Å²) in [6.07, 6.45) is 1.89. The van der Waals surface area contributed by atoms with E-state index >= 15 is 0 Å². The third-order valence-corrected chi connectivity index (χ3v) is 3.99. The average Bonchev–Trinajstić information content (AvgIpc) is 2.40. The monoisotopic (exact) mass is 271 g/mol. The highest BCUT2D eigenvalue weighted by Gasteiger charge is 2.31. The summed E-state index contributed by atoms with van der Waals surface area (Å²) >= 11 is 0. The number of hydrogen-bond donors (Lipinski definition) is 1. The summed E-state index contributed by atoms with van der Waals surface area (Å²) in [6, 6.07) is 0.394. The molecule has 0 aromatic rings. The number of nitrogens with two attached hydrogens (primary N) is 1. The van der Waals surface area contributed by atoms with Crippen molar-refractivity contribution in [2.45, 2.75) is 45.7 Å². The highest BCUT2D eigenvalue weighted by Crippen LogP contribution is 2.16. The highest BCUT2D eigenvalue weighted by molar-refractivity contribution is 5.79. The van der Waals surface area contributed by atoms with Gasteiger partial charge in [0, 0.05) is 38.8 Å². The minimum Gasteiger partial charge on any atom is -0.380 e.